The van der Waals surface area contributed by atoms with E-state index in [9.17, 15) is 17.6 Å². The lowest BCUT2D eigenvalue weighted by molar-refractivity contribution is 0.283. The van der Waals surface area contributed by atoms with Crippen molar-refractivity contribution >= 4 is 10.1 Å². The maximum Gasteiger partial charge on any atom is 0.297 e. The van der Waals surface area contributed by atoms with Crippen LogP contribution in [0.25, 0.3) is 0 Å². The van der Waals surface area contributed by atoms with Crippen molar-refractivity contribution in [2.75, 3.05) is 6.61 Å². The second-order valence-electron chi connectivity index (χ2n) is 5.89. The van der Waals surface area contributed by atoms with E-state index < -0.39 is 15.9 Å². The van der Waals surface area contributed by atoms with Crippen LogP contribution < -0.4 is 10.2 Å². The highest BCUT2D eigenvalue weighted by Gasteiger charge is 2.16. The van der Waals surface area contributed by atoms with Gasteiger partial charge in [0.1, 0.15) is 12.4 Å². The second kappa shape index (κ2) is 8.26. The summed E-state index contributed by atoms with van der Waals surface area (Å²) < 4.78 is 47.2. The number of pyridine rings is 1. The van der Waals surface area contributed by atoms with Gasteiger partial charge >= 0.3 is 0 Å². The molecule has 25 heavy (non-hydrogen) atoms. The van der Waals surface area contributed by atoms with Gasteiger partial charge in [0.25, 0.3) is 10.1 Å². The normalized spacial score (nSPS) is 11.7. The van der Waals surface area contributed by atoms with Crippen molar-refractivity contribution in [1.29, 1.82) is 0 Å². The van der Waals surface area contributed by atoms with E-state index in [2.05, 4.69) is 18.8 Å². The molecule has 0 unspecified atom stereocenters. The standard InChI is InChI=1S/C17H20FNO5S/c1-12(2)7-8-23-17-10-19-14(9-16(17)20)11-24-25(21,22)15-5-3-13(18)4-6-15/h3-6,9-10,12H,7-8,11H2,1-2H3,(H,19,20). The van der Waals surface area contributed by atoms with E-state index in [1.165, 1.54) is 12.3 Å². The van der Waals surface area contributed by atoms with Gasteiger partial charge in [-0.1, -0.05) is 13.8 Å². The van der Waals surface area contributed by atoms with Crippen molar-refractivity contribution in [2.45, 2.75) is 31.8 Å². The predicted octanol–water partition coefficient (Wildman–Crippen LogP) is 2.84. The Morgan fingerprint density at radius 3 is 2.48 bits per heavy atom. The number of ether oxygens (including phenoxy) is 1. The average molecular weight is 369 g/mol. The molecular formula is C17H20FNO5S. The number of rotatable bonds is 8. The molecule has 0 fully saturated rings. The molecule has 1 aromatic carbocycles. The first-order chi connectivity index (χ1) is 11.8. The fourth-order valence-electron chi connectivity index (χ4n) is 1.91. The molecule has 2 aromatic rings. The van der Waals surface area contributed by atoms with Crippen LogP contribution in [0.4, 0.5) is 4.39 Å². The minimum absolute atomic E-state index is 0.162. The van der Waals surface area contributed by atoms with Crippen LogP contribution in [-0.4, -0.2) is 20.0 Å². The highest BCUT2D eigenvalue weighted by atomic mass is 32.2. The van der Waals surface area contributed by atoms with Crippen molar-refractivity contribution in [3.63, 3.8) is 0 Å². The topological polar surface area (TPSA) is 85.5 Å². The molecule has 8 heteroatoms. The van der Waals surface area contributed by atoms with E-state index in [0.29, 0.717) is 12.5 Å². The number of aromatic nitrogens is 1. The molecule has 0 radical (unpaired) electrons. The minimum Gasteiger partial charge on any atom is -0.488 e. The van der Waals surface area contributed by atoms with E-state index in [-0.39, 0.29) is 28.4 Å². The highest BCUT2D eigenvalue weighted by Crippen LogP contribution is 2.15. The molecule has 1 heterocycles. The molecule has 0 aliphatic heterocycles. The van der Waals surface area contributed by atoms with Gasteiger partial charge in [-0.3, -0.25) is 8.98 Å². The van der Waals surface area contributed by atoms with Crippen molar-refractivity contribution in [3.8, 4) is 5.75 Å². The number of hydrogen-bond acceptors (Lipinski definition) is 5. The summed E-state index contributed by atoms with van der Waals surface area (Å²) in [6, 6.07) is 5.51. The van der Waals surface area contributed by atoms with Gasteiger partial charge in [0.05, 0.1) is 11.5 Å². The first-order valence-corrected chi connectivity index (χ1v) is 9.18. The second-order valence-corrected chi connectivity index (χ2v) is 7.50. The third-order valence-electron chi connectivity index (χ3n) is 3.36. The third kappa shape index (κ3) is 5.68. The molecule has 0 amide bonds. The van der Waals surface area contributed by atoms with E-state index in [4.69, 9.17) is 8.92 Å². The molecule has 0 saturated heterocycles. The molecule has 1 aromatic heterocycles. The lowest BCUT2D eigenvalue weighted by Crippen LogP contribution is -2.13. The molecular weight excluding hydrogens is 349 g/mol. The summed E-state index contributed by atoms with van der Waals surface area (Å²) in [5.41, 5.74) is -0.0767. The molecule has 6 nitrogen and oxygen atoms in total. The monoisotopic (exact) mass is 369 g/mol. The van der Waals surface area contributed by atoms with Gasteiger partial charge in [-0.05, 0) is 36.6 Å². The van der Waals surface area contributed by atoms with Crippen LogP contribution in [0.5, 0.6) is 5.75 Å². The molecule has 1 N–H and O–H groups in total. The van der Waals surface area contributed by atoms with Gasteiger partial charge in [-0.2, -0.15) is 8.42 Å². The molecule has 0 spiro atoms. The van der Waals surface area contributed by atoms with Gasteiger partial charge in [0.2, 0.25) is 5.43 Å². The van der Waals surface area contributed by atoms with E-state index in [1.54, 1.807) is 0 Å². The lowest BCUT2D eigenvalue weighted by Gasteiger charge is -2.09. The van der Waals surface area contributed by atoms with Crippen molar-refractivity contribution in [1.82, 2.24) is 4.98 Å². The number of hydrogen-bond donors (Lipinski definition) is 1. The van der Waals surface area contributed by atoms with Crippen LogP contribution in [-0.2, 0) is 20.9 Å². The Bertz CT molecular complexity index is 859. The number of benzene rings is 1. The van der Waals surface area contributed by atoms with E-state index >= 15 is 0 Å². The summed E-state index contributed by atoms with van der Waals surface area (Å²) in [5, 5.41) is 0. The summed E-state index contributed by atoms with van der Waals surface area (Å²) in [7, 11) is -4.04. The van der Waals surface area contributed by atoms with Crippen molar-refractivity contribution < 1.29 is 21.7 Å². The Balaban J connectivity index is 2.00. The molecule has 0 bridgehead atoms. The summed E-state index contributed by atoms with van der Waals surface area (Å²) >= 11 is 0. The Morgan fingerprint density at radius 1 is 1.20 bits per heavy atom. The van der Waals surface area contributed by atoms with Crippen LogP contribution in [0, 0.1) is 11.7 Å². The van der Waals surface area contributed by atoms with Gasteiger partial charge in [0, 0.05) is 18.0 Å². The van der Waals surface area contributed by atoms with Crippen molar-refractivity contribution in [2.24, 2.45) is 5.92 Å². The van der Waals surface area contributed by atoms with Gasteiger partial charge in [0.15, 0.2) is 5.75 Å². The molecule has 0 aliphatic carbocycles. The lowest BCUT2D eigenvalue weighted by atomic mass is 10.1. The highest BCUT2D eigenvalue weighted by molar-refractivity contribution is 7.86. The third-order valence-corrected chi connectivity index (χ3v) is 4.64. The smallest absolute Gasteiger partial charge is 0.297 e. The van der Waals surface area contributed by atoms with Crippen molar-refractivity contribution in [3.05, 3.63) is 58.3 Å². The Labute approximate surface area is 145 Å². The maximum absolute atomic E-state index is 12.9. The Morgan fingerprint density at radius 2 is 1.88 bits per heavy atom. The van der Waals surface area contributed by atoms with Crippen LogP contribution in [0.2, 0.25) is 0 Å². The molecule has 136 valence electrons. The minimum atomic E-state index is -4.04. The zero-order valence-electron chi connectivity index (χ0n) is 14.0. The number of nitrogens with one attached hydrogen (secondary N) is 1. The summed E-state index contributed by atoms with van der Waals surface area (Å²) in [6.07, 6.45) is 2.20. The quantitative estimate of drug-likeness (QED) is 0.723. The van der Waals surface area contributed by atoms with E-state index in [0.717, 1.165) is 30.7 Å². The fraction of sp³-hybridized carbons (Fsp3) is 0.353. The average Bonchev–Trinajstić information content (AvgIpc) is 2.55. The summed E-state index contributed by atoms with van der Waals surface area (Å²) in [6.45, 7) is 4.18. The Hall–Kier alpha value is -2.19. The summed E-state index contributed by atoms with van der Waals surface area (Å²) in [4.78, 5) is 14.6. The predicted molar refractivity (Wildman–Crippen MR) is 90.4 cm³/mol. The zero-order valence-corrected chi connectivity index (χ0v) is 14.8. The molecule has 0 aliphatic rings. The first kappa shape index (κ1) is 19.1. The maximum atomic E-state index is 12.9. The number of aromatic amines is 1. The Kier molecular flexibility index (Phi) is 6.33. The van der Waals surface area contributed by atoms with Crippen LogP contribution in [0.3, 0.4) is 0 Å². The molecule has 2 rings (SSSR count). The fourth-order valence-corrected chi connectivity index (χ4v) is 2.80. The van der Waals surface area contributed by atoms with Gasteiger partial charge in [-0.15, -0.1) is 0 Å². The van der Waals surface area contributed by atoms with E-state index in [1.807, 2.05) is 0 Å². The van der Waals surface area contributed by atoms with Crippen LogP contribution >= 0.6 is 0 Å². The number of halogens is 1. The van der Waals surface area contributed by atoms with Crippen LogP contribution in [0.1, 0.15) is 26.0 Å². The van der Waals surface area contributed by atoms with Gasteiger partial charge < -0.3 is 9.72 Å². The van der Waals surface area contributed by atoms with Crippen LogP contribution in [0.15, 0.2) is 46.2 Å². The molecule has 0 atom stereocenters. The summed E-state index contributed by atoms with van der Waals surface area (Å²) in [5.74, 6) is 0.0885. The number of H-pyrrole nitrogens is 1. The zero-order chi connectivity index (χ0) is 18.4. The SMILES string of the molecule is CC(C)CCOc1c[nH]c(COS(=O)(=O)c2ccc(F)cc2)cc1=O. The molecule has 0 saturated carbocycles. The largest absolute Gasteiger partial charge is 0.488 e. The first-order valence-electron chi connectivity index (χ1n) is 7.77. The van der Waals surface area contributed by atoms with Gasteiger partial charge in [-0.25, -0.2) is 4.39 Å².